The van der Waals surface area contributed by atoms with Crippen LogP contribution in [0.5, 0.6) is 0 Å². The molecular formula is C24H28N4O. The summed E-state index contributed by atoms with van der Waals surface area (Å²) in [4.78, 5) is 24.7. The molecule has 3 aromatic rings. The molecule has 1 atom stereocenters. The van der Waals surface area contributed by atoms with Gasteiger partial charge in [-0.05, 0) is 49.3 Å². The summed E-state index contributed by atoms with van der Waals surface area (Å²) < 4.78 is 2.20. The highest BCUT2D eigenvalue weighted by molar-refractivity contribution is 5.84. The minimum atomic E-state index is 0.0194. The summed E-state index contributed by atoms with van der Waals surface area (Å²) in [6.45, 7) is 1.62. The third kappa shape index (κ3) is 3.54. The van der Waals surface area contributed by atoms with Crippen molar-refractivity contribution in [3.63, 3.8) is 0 Å². The van der Waals surface area contributed by atoms with Gasteiger partial charge in [0.1, 0.15) is 5.52 Å². The van der Waals surface area contributed by atoms with E-state index >= 15 is 0 Å². The van der Waals surface area contributed by atoms with Crippen molar-refractivity contribution in [2.24, 2.45) is 5.92 Å². The van der Waals surface area contributed by atoms with Gasteiger partial charge in [0.05, 0.1) is 12.2 Å². The molecule has 29 heavy (non-hydrogen) atoms. The van der Waals surface area contributed by atoms with Gasteiger partial charge in [-0.15, -0.1) is 0 Å². The molecule has 0 spiro atoms. The second-order valence-electron chi connectivity index (χ2n) is 8.49. The van der Waals surface area contributed by atoms with Gasteiger partial charge in [0.25, 0.3) is 0 Å². The molecule has 2 aliphatic rings. The Morgan fingerprint density at radius 2 is 1.69 bits per heavy atom. The molecular weight excluding hydrogens is 360 g/mol. The van der Waals surface area contributed by atoms with Crippen LogP contribution in [-0.4, -0.2) is 38.4 Å². The molecule has 2 aromatic heterocycles. The number of hydrogen-bond donors (Lipinski definition) is 0. The maximum atomic E-state index is 13.6. The van der Waals surface area contributed by atoms with Crippen LogP contribution in [0.1, 0.15) is 56.0 Å². The summed E-state index contributed by atoms with van der Waals surface area (Å²) in [5.74, 6) is 0.838. The standard InChI is InChI=1S/C24H28N4O/c29-24(22(19-9-4-5-10-19)18-7-2-1-3-8-18)27-15-12-20(13-16-27)28-17-26-21-11-6-14-25-23(21)28/h1-3,6-8,11,14,17,19-20,22H,4-5,9-10,12-13,15-16H2. The van der Waals surface area contributed by atoms with E-state index in [4.69, 9.17) is 0 Å². The molecule has 5 rings (SSSR count). The van der Waals surface area contributed by atoms with Crippen molar-refractivity contribution < 1.29 is 4.79 Å². The van der Waals surface area contributed by atoms with Crippen LogP contribution in [0.2, 0.25) is 0 Å². The monoisotopic (exact) mass is 388 g/mol. The summed E-state index contributed by atoms with van der Waals surface area (Å²) >= 11 is 0. The average molecular weight is 389 g/mol. The number of rotatable bonds is 4. The summed E-state index contributed by atoms with van der Waals surface area (Å²) in [5, 5.41) is 0. The van der Waals surface area contributed by atoms with Gasteiger partial charge in [-0.25, -0.2) is 9.97 Å². The van der Waals surface area contributed by atoms with E-state index in [1.54, 1.807) is 0 Å². The molecule has 1 aliphatic carbocycles. The lowest BCUT2D eigenvalue weighted by molar-refractivity contribution is -0.135. The maximum absolute atomic E-state index is 13.6. The molecule has 1 aromatic carbocycles. The first-order valence-electron chi connectivity index (χ1n) is 10.9. The molecule has 1 aliphatic heterocycles. The van der Waals surface area contributed by atoms with E-state index in [0.717, 1.165) is 37.1 Å². The van der Waals surface area contributed by atoms with Crippen molar-refractivity contribution >= 4 is 17.1 Å². The lowest BCUT2D eigenvalue weighted by atomic mass is 9.83. The van der Waals surface area contributed by atoms with Crippen molar-refractivity contribution in [2.75, 3.05) is 13.1 Å². The minimum Gasteiger partial charge on any atom is -0.342 e. The molecule has 1 saturated carbocycles. The first-order chi connectivity index (χ1) is 14.3. The number of imidazole rings is 1. The Labute approximate surface area is 171 Å². The zero-order valence-electron chi connectivity index (χ0n) is 16.8. The Balaban J connectivity index is 1.32. The van der Waals surface area contributed by atoms with Gasteiger partial charge < -0.3 is 9.47 Å². The largest absolute Gasteiger partial charge is 0.342 e. The lowest BCUT2D eigenvalue weighted by Gasteiger charge is -2.36. The lowest BCUT2D eigenvalue weighted by Crippen LogP contribution is -2.43. The Morgan fingerprint density at radius 1 is 0.931 bits per heavy atom. The molecule has 0 bridgehead atoms. The molecule has 3 heterocycles. The highest BCUT2D eigenvalue weighted by Gasteiger charge is 2.36. The predicted molar refractivity (Wildman–Crippen MR) is 114 cm³/mol. The smallest absolute Gasteiger partial charge is 0.230 e. The van der Waals surface area contributed by atoms with Crippen LogP contribution in [0.25, 0.3) is 11.2 Å². The van der Waals surface area contributed by atoms with Crippen LogP contribution in [0.3, 0.4) is 0 Å². The van der Waals surface area contributed by atoms with Crippen LogP contribution < -0.4 is 0 Å². The van der Waals surface area contributed by atoms with Crippen molar-refractivity contribution in [3.05, 3.63) is 60.6 Å². The van der Waals surface area contributed by atoms with E-state index in [-0.39, 0.29) is 5.92 Å². The summed E-state index contributed by atoms with van der Waals surface area (Å²) in [6, 6.07) is 14.7. The van der Waals surface area contributed by atoms with Crippen molar-refractivity contribution in [1.82, 2.24) is 19.4 Å². The quantitative estimate of drug-likeness (QED) is 0.658. The van der Waals surface area contributed by atoms with Gasteiger partial charge in [-0.2, -0.15) is 0 Å². The summed E-state index contributed by atoms with van der Waals surface area (Å²) in [6.07, 6.45) is 10.5. The summed E-state index contributed by atoms with van der Waals surface area (Å²) in [5.41, 5.74) is 3.08. The van der Waals surface area contributed by atoms with E-state index in [1.165, 1.54) is 31.2 Å². The minimum absolute atomic E-state index is 0.0194. The second kappa shape index (κ2) is 7.97. The zero-order valence-corrected chi connectivity index (χ0v) is 16.8. The predicted octanol–water partition coefficient (Wildman–Crippen LogP) is 4.57. The van der Waals surface area contributed by atoms with Crippen molar-refractivity contribution in [3.8, 4) is 0 Å². The van der Waals surface area contributed by atoms with Gasteiger partial charge in [-0.1, -0.05) is 43.2 Å². The van der Waals surface area contributed by atoms with Crippen LogP contribution in [0.15, 0.2) is 55.0 Å². The number of benzene rings is 1. The molecule has 0 N–H and O–H groups in total. The third-order valence-corrected chi connectivity index (χ3v) is 6.80. The third-order valence-electron chi connectivity index (χ3n) is 6.80. The van der Waals surface area contributed by atoms with Crippen molar-refractivity contribution in [2.45, 2.75) is 50.5 Å². The highest BCUT2D eigenvalue weighted by atomic mass is 16.2. The van der Waals surface area contributed by atoms with Gasteiger partial charge in [0.2, 0.25) is 5.91 Å². The van der Waals surface area contributed by atoms with Gasteiger partial charge >= 0.3 is 0 Å². The van der Waals surface area contributed by atoms with E-state index in [1.807, 2.05) is 30.7 Å². The second-order valence-corrected chi connectivity index (χ2v) is 8.49. The SMILES string of the molecule is O=C(C(c1ccccc1)C1CCCC1)N1CCC(n2cnc3cccnc32)CC1. The Kier molecular flexibility index (Phi) is 5.04. The fourth-order valence-corrected chi connectivity index (χ4v) is 5.26. The Bertz CT molecular complexity index is 969. The normalized spacial score (nSPS) is 19.7. The molecule has 150 valence electrons. The number of amides is 1. The number of hydrogen-bond acceptors (Lipinski definition) is 3. The Morgan fingerprint density at radius 3 is 2.45 bits per heavy atom. The van der Waals surface area contributed by atoms with E-state index in [2.05, 4.69) is 43.7 Å². The number of nitrogens with zero attached hydrogens (tertiary/aromatic N) is 4. The zero-order chi connectivity index (χ0) is 19.6. The number of likely N-dealkylation sites (tertiary alicyclic amines) is 1. The average Bonchev–Trinajstić information content (AvgIpc) is 3.45. The number of carbonyl (C=O) groups is 1. The first-order valence-corrected chi connectivity index (χ1v) is 10.9. The molecule has 5 heteroatoms. The molecule has 1 amide bonds. The number of pyridine rings is 1. The maximum Gasteiger partial charge on any atom is 0.230 e. The summed E-state index contributed by atoms with van der Waals surface area (Å²) in [7, 11) is 0. The number of piperidine rings is 1. The molecule has 0 radical (unpaired) electrons. The van der Waals surface area contributed by atoms with Gasteiger partial charge in [-0.3, -0.25) is 4.79 Å². The van der Waals surface area contributed by atoms with E-state index in [0.29, 0.717) is 17.9 Å². The van der Waals surface area contributed by atoms with Gasteiger partial charge in [0.15, 0.2) is 5.65 Å². The van der Waals surface area contributed by atoms with Crippen LogP contribution in [0, 0.1) is 5.92 Å². The molecule has 1 unspecified atom stereocenters. The fourth-order valence-electron chi connectivity index (χ4n) is 5.26. The topological polar surface area (TPSA) is 51.0 Å². The number of carbonyl (C=O) groups excluding carboxylic acids is 1. The van der Waals surface area contributed by atoms with Crippen LogP contribution in [0.4, 0.5) is 0 Å². The fraction of sp³-hybridized carbons (Fsp3) is 0.458. The highest BCUT2D eigenvalue weighted by Crippen LogP contribution is 2.39. The van der Waals surface area contributed by atoms with E-state index in [9.17, 15) is 4.79 Å². The first kappa shape index (κ1) is 18.3. The van der Waals surface area contributed by atoms with Gasteiger partial charge in [0, 0.05) is 25.3 Å². The molecule has 2 fully saturated rings. The number of fused-ring (bicyclic) bond motifs is 1. The van der Waals surface area contributed by atoms with Crippen LogP contribution >= 0.6 is 0 Å². The van der Waals surface area contributed by atoms with Crippen molar-refractivity contribution in [1.29, 1.82) is 0 Å². The van der Waals surface area contributed by atoms with Crippen LogP contribution in [-0.2, 0) is 4.79 Å². The molecule has 5 nitrogen and oxygen atoms in total. The van der Waals surface area contributed by atoms with E-state index < -0.39 is 0 Å². The number of aromatic nitrogens is 3. The molecule has 1 saturated heterocycles. The Hall–Kier alpha value is -2.69.